The lowest BCUT2D eigenvalue weighted by molar-refractivity contribution is 0.237. The molecule has 2 nitrogen and oxygen atoms in total. The minimum Gasteiger partial charge on any atom is -0.356 e. The first-order chi connectivity index (χ1) is 9.74. The van der Waals surface area contributed by atoms with Crippen molar-refractivity contribution < 1.29 is 0 Å². The summed E-state index contributed by atoms with van der Waals surface area (Å²) in [5, 5.41) is 0. The molecule has 3 rings (SSSR count). The zero-order valence-corrected chi connectivity index (χ0v) is 12.3. The topological polar surface area (TPSA) is 6.48 Å². The normalized spacial score (nSPS) is 15.4. The highest BCUT2D eigenvalue weighted by Crippen LogP contribution is 2.29. The minimum absolute atomic E-state index is 0.523. The van der Waals surface area contributed by atoms with Gasteiger partial charge in [0.05, 0.1) is 6.67 Å². The summed E-state index contributed by atoms with van der Waals surface area (Å²) in [6, 6.07) is 20.0. The van der Waals surface area contributed by atoms with E-state index in [9.17, 15) is 0 Å². The van der Waals surface area contributed by atoms with Gasteiger partial charge in [0.2, 0.25) is 0 Å². The summed E-state index contributed by atoms with van der Waals surface area (Å²) in [6.45, 7) is 7.59. The summed E-state index contributed by atoms with van der Waals surface area (Å²) in [7, 11) is 0. The van der Waals surface area contributed by atoms with Crippen molar-refractivity contribution in [3.63, 3.8) is 0 Å². The van der Waals surface area contributed by atoms with E-state index in [1.54, 1.807) is 0 Å². The largest absolute Gasteiger partial charge is 0.356 e. The molecule has 0 saturated heterocycles. The van der Waals surface area contributed by atoms with Gasteiger partial charge in [-0.25, -0.2) is 0 Å². The number of hydrogen-bond acceptors (Lipinski definition) is 2. The van der Waals surface area contributed by atoms with Gasteiger partial charge in [-0.05, 0) is 31.0 Å². The molecular formula is C18H22N2. The maximum absolute atomic E-state index is 2.51. The van der Waals surface area contributed by atoms with Crippen molar-refractivity contribution in [2.45, 2.75) is 33.0 Å². The van der Waals surface area contributed by atoms with Gasteiger partial charge in [0, 0.05) is 24.8 Å². The van der Waals surface area contributed by atoms with Gasteiger partial charge >= 0.3 is 0 Å². The number of fused-ring (bicyclic) bond motifs is 1. The number of rotatable bonds is 3. The van der Waals surface area contributed by atoms with E-state index in [2.05, 4.69) is 78.2 Å². The van der Waals surface area contributed by atoms with E-state index in [1.165, 1.54) is 16.8 Å². The van der Waals surface area contributed by atoms with Gasteiger partial charge in [0.15, 0.2) is 0 Å². The van der Waals surface area contributed by atoms with Gasteiger partial charge < -0.3 is 4.90 Å². The molecule has 1 aliphatic heterocycles. The molecule has 0 aromatic heterocycles. The van der Waals surface area contributed by atoms with E-state index in [4.69, 9.17) is 0 Å². The van der Waals surface area contributed by atoms with E-state index in [-0.39, 0.29) is 0 Å². The first-order valence-corrected chi connectivity index (χ1v) is 7.35. The van der Waals surface area contributed by atoms with Gasteiger partial charge in [-0.15, -0.1) is 0 Å². The monoisotopic (exact) mass is 266 g/mol. The predicted molar refractivity (Wildman–Crippen MR) is 84.6 cm³/mol. The van der Waals surface area contributed by atoms with Crippen LogP contribution in [0.5, 0.6) is 0 Å². The van der Waals surface area contributed by atoms with Gasteiger partial charge in [-0.3, -0.25) is 4.90 Å². The predicted octanol–water partition coefficient (Wildman–Crippen LogP) is 3.87. The van der Waals surface area contributed by atoms with Crippen LogP contribution in [0.3, 0.4) is 0 Å². The molecule has 0 amide bonds. The lowest BCUT2D eigenvalue weighted by Crippen LogP contribution is -2.45. The fourth-order valence-electron chi connectivity index (χ4n) is 2.90. The number of nitrogens with zero attached hydrogens (tertiary/aromatic N) is 2. The van der Waals surface area contributed by atoms with Crippen molar-refractivity contribution in [3.05, 3.63) is 65.7 Å². The molecule has 2 aromatic rings. The molecule has 0 atom stereocenters. The smallest absolute Gasteiger partial charge is 0.0715 e. The van der Waals surface area contributed by atoms with E-state index in [0.717, 1.165) is 19.8 Å². The second kappa shape index (κ2) is 5.68. The fraction of sp³-hybridized carbons (Fsp3) is 0.333. The van der Waals surface area contributed by atoms with Crippen LogP contribution in [0.1, 0.15) is 25.0 Å². The number of hydrogen-bond donors (Lipinski definition) is 0. The van der Waals surface area contributed by atoms with Crippen molar-refractivity contribution in [1.82, 2.24) is 4.90 Å². The number of benzene rings is 2. The SMILES string of the molecule is CC(C)N1CN(Cc2ccccc2)Cc2ccccc21. The summed E-state index contributed by atoms with van der Waals surface area (Å²) in [5.74, 6) is 0. The second-order valence-electron chi connectivity index (χ2n) is 5.81. The van der Waals surface area contributed by atoms with E-state index >= 15 is 0 Å². The van der Waals surface area contributed by atoms with Crippen LogP contribution in [-0.2, 0) is 13.1 Å². The van der Waals surface area contributed by atoms with Crippen LogP contribution in [0.25, 0.3) is 0 Å². The molecule has 2 heteroatoms. The van der Waals surface area contributed by atoms with Crippen LogP contribution in [0.4, 0.5) is 5.69 Å². The third kappa shape index (κ3) is 2.70. The van der Waals surface area contributed by atoms with Crippen LogP contribution in [0.2, 0.25) is 0 Å². The first-order valence-electron chi connectivity index (χ1n) is 7.35. The van der Waals surface area contributed by atoms with E-state index in [0.29, 0.717) is 6.04 Å². The summed E-state index contributed by atoms with van der Waals surface area (Å²) < 4.78 is 0. The third-order valence-corrected chi connectivity index (χ3v) is 3.92. The lowest BCUT2D eigenvalue weighted by atomic mass is 10.1. The Morgan fingerprint density at radius 1 is 0.950 bits per heavy atom. The number of para-hydroxylation sites is 1. The lowest BCUT2D eigenvalue weighted by Gasteiger charge is -2.41. The zero-order chi connectivity index (χ0) is 13.9. The molecule has 104 valence electrons. The molecule has 0 aliphatic carbocycles. The zero-order valence-electron chi connectivity index (χ0n) is 12.3. The fourth-order valence-corrected chi connectivity index (χ4v) is 2.90. The summed E-state index contributed by atoms with van der Waals surface area (Å²) in [6.07, 6.45) is 0. The van der Waals surface area contributed by atoms with E-state index in [1.807, 2.05) is 0 Å². The van der Waals surface area contributed by atoms with Crippen molar-refractivity contribution in [2.75, 3.05) is 11.6 Å². The highest BCUT2D eigenvalue weighted by Gasteiger charge is 2.23. The highest BCUT2D eigenvalue weighted by molar-refractivity contribution is 5.55. The minimum atomic E-state index is 0.523. The van der Waals surface area contributed by atoms with Crippen LogP contribution in [0, 0.1) is 0 Å². The molecule has 0 N–H and O–H groups in total. The standard InChI is InChI=1S/C18H22N2/c1-15(2)20-14-19(12-16-8-4-3-5-9-16)13-17-10-6-7-11-18(17)20/h3-11,15H,12-14H2,1-2H3. The average Bonchev–Trinajstić information content (AvgIpc) is 2.47. The molecule has 20 heavy (non-hydrogen) atoms. The van der Waals surface area contributed by atoms with Gasteiger partial charge in [0.25, 0.3) is 0 Å². The Labute approximate surface area is 121 Å². The molecule has 1 aliphatic rings. The van der Waals surface area contributed by atoms with Crippen LogP contribution < -0.4 is 4.90 Å². The Morgan fingerprint density at radius 3 is 2.40 bits per heavy atom. The molecule has 0 saturated carbocycles. The van der Waals surface area contributed by atoms with Crippen LogP contribution >= 0.6 is 0 Å². The Bertz CT molecular complexity index is 563. The molecule has 2 aromatic carbocycles. The Morgan fingerprint density at radius 2 is 1.65 bits per heavy atom. The van der Waals surface area contributed by atoms with Crippen LogP contribution in [-0.4, -0.2) is 17.6 Å². The number of anilines is 1. The maximum Gasteiger partial charge on any atom is 0.0715 e. The Balaban J connectivity index is 1.83. The molecule has 0 radical (unpaired) electrons. The van der Waals surface area contributed by atoms with Gasteiger partial charge in [-0.2, -0.15) is 0 Å². The second-order valence-corrected chi connectivity index (χ2v) is 5.81. The molecule has 1 heterocycles. The molecule has 0 bridgehead atoms. The summed E-state index contributed by atoms with van der Waals surface area (Å²) >= 11 is 0. The van der Waals surface area contributed by atoms with Crippen LogP contribution in [0.15, 0.2) is 54.6 Å². The van der Waals surface area contributed by atoms with Gasteiger partial charge in [0.1, 0.15) is 0 Å². The Hall–Kier alpha value is -1.80. The average molecular weight is 266 g/mol. The molecule has 0 unspecified atom stereocenters. The summed E-state index contributed by atoms with van der Waals surface area (Å²) in [5.41, 5.74) is 4.21. The summed E-state index contributed by atoms with van der Waals surface area (Å²) in [4.78, 5) is 5.00. The van der Waals surface area contributed by atoms with Crippen molar-refractivity contribution in [3.8, 4) is 0 Å². The maximum atomic E-state index is 2.51. The Kier molecular flexibility index (Phi) is 3.75. The van der Waals surface area contributed by atoms with Crippen molar-refractivity contribution >= 4 is 5.69 Å². The van der Waals surface area contributed by atoms with E-state index < -0.39 is 0 Å². The molecule has 0 spiro atoms. The van der Waals surface area contributed by atoms with Gasteiger partial charge in [-0.1, -0.05) is 48.5 Å². The quantitative estimate of drug-likeness (QED) is 0.832. The molecular weight excluding hydrogens is 244 g/mol. The molecule has 0 fully saturated rings. The first kappa shape index (κ1) is 13.2. The van der Waals surface area contributed by atoms with Crippen molar-refractivity contribution in [2.24, 2.45) is 0 Å². The third-order valence-electron chi connectivity index (χ3n) is 3.92. The van der Waals surface area contributed by atoms with Crippen molar-refractivity contribution in [1.29, 1.82) is 0 Å². The highest BCUT2D eigenvalue weighted by atomic mass is 15.3.